The molecule has 1 aromatic heterocycles. The van der Waals surface area contributed by atoms with Crippen molar-refractivity contribution in [2.24, 2.45) is 0 Å². The van der Waals surface area contributed by atoms with Crippen LogP contribution in [0.15, 0.2) is 6.33 Å². The van der Waals surface area contributed by atoms with Crippen LogP contribution in [0.25, 0.3) is 0 Å². The molecule has 0 spiro atoms. The van der Waals surface area contributed by atoms with Crippen molar-refractivity contribution in [2.75, 3.05) is 31.2 Å². The van der Waals surface area contributed by atoms with Crippen LogP contribution in [0, 0.1) is 0 Å². The van der Waals surface area contributed by atoms with E-state index >= 15 is 0 Å². The van der Waals surface area contributed by atoms with Crippen molar-refractivity contribution in [1.29, 1.82) is 0 Å². The number of nitrogen functional groups attached to an aromatic ring is 1. The van der Waals surface area contributed by atoms with Gasteiger partial charge in [0.25, 0.3) is 0 Å². The number of hydrogen-bond donors (Lipinski definition) is 2. The second kappa shape index (κ2) is 5.31. The third-order valence-electron chi connectivity index (χ3n) is 3.21. The molecule has 0 aliphatic carbocycles. The van der Waals surface area contributed by atoms with Gasteiger partial charge in [0, 0.05) is 18.2 Å². The van der Waals surface area contributed by atoms with Gasteiger partial charge in [-0.2, -0.15) is 0 Å². The molecule has 1 aliphatic rings. The van der Waals surface area contributed by atoms with Crippen LogP contribution in [0.4, 0.5) is 11.6 Å². The Morgan fingerprint density at radius 1 is 1.53 bits per heavy atom. The summed E-state index contributed by atoms with van der Waals surface area (Å²) in [7, 11) is 2.14. The number of anilines is 2. The number of nitrogens with one attached hydrogen (secondary N) is 1. The molecule has 0 aromatic carbocycles. The Bertz CT molecular complexity index is 379. The van der Waals surface area contributed by atoms with Gasteiger partial charge in [-0.15, -0.1) is 0 Å². The SMILES string of the molecule is CCCc1c(N)ncnc1NC1CCN(C)C1. The van der Waals surface area contributed by atoms with Crippen molar-refractivity contribution < 1.29 is 0 Å². The van der Waals surface area contributed by atoms with E-state index in [9.17, 15) is 0 Å². The van der Waals surface area contributed by atoms with E-state index in [0.29, 0.717) is 11.9 Å². The summed E-state index contributed by atoms with van der Waals surface area (Å²) in [6, 6.07) is 0.477. The van der Waals surface area contributed by atoms with Crippen LogP contribution in [-0.2, 0) is 6.42 Å². The number of nitrogens with zero attached hydrogens (tertiary/aromatic N) is 3. The first kappa shape index (κ1) is 12.1. The Balaban J connectivity index is 2.11. The molecule has 2 heterocycles. The summed E-state index contributed by atoms with van der Waals surface area (Å²) in [6.07, 6.45) is 4.68. The first-order chi connectivity index (χ1) is 8.20. The average Bonchev–Trinajstić information content (AvgIpc) is 2.69. The summed E-state index contributed by atoms with van der Waals surface area (Å²) in [4.78, 5) is 10.7. The van der Waals surface area contributed by atoms with E-state index < -0.39 is 0 Å². The van der Waals surface area contributed by atoms with Crippen molar-refractivity contribution >= 4 is 11.6 Å². The molecule has 3 N–H and O–H groups in total. The second-order valence-electron chi connectivity index (χ2n) is 4.73. The number of likely N-dealkylation sites (N-methyl/N-ethyl adjacent to an activating group) is 1. The van der Waals surface area contributed by atoms with Crippen LogP contribution in [0.5, 0.6) is 0 Å². The van der Waals surface area contributed by atoms with E-state index in [2.05, 4.69) is 34.2 Å². The van der Waals surface area contributed by atoms with E-state index in [1.54, 1.807) is 0 Å². The van der Waals surface area contributed by atoms with Crippen molar-refractivity contribution in [2.45, 2.75) is 32.2 Å². The molecule has 0 amide bonds. The molecule has 1 atom stereocenters. The Hall–Kier alpha value is -1.36. The van der Waals surface area contributed by atoms with Crippen molar-refractivity contribution in [1.82, 2.24) is 14.9 Å². The molecular weight excluding hydrogens is 214 g/mol. The van der Waals surface area contributed by atoms with Gasteiger partial charge >= 0.3 is 0 Å². The van der Waals surface area contributed by atoms with E-state index in [0.717, 1.165) is 43.7 Å². The van der Waals surface area contributed by atoms with Crippen molar-refractivity contribution in [3.8, 4) is 0 Å². The maximum absolute atomic E-state index is 5.91. The quantitative estimate of drug-likeness (QED) is 0.819. The Kier molecular flexibility index (Phi) is 3.78. The Morgan fingerprint density at radius 2 is 2.35 bits per heavy atom. The number of likely N-dealkylation sites (tertiary alicyclic amines) is 1. The van der Waals surface area contributed by atoms with Gasteiger partial charge in [-0.3, -0.25) is 0 Å². The highest BCUT2D eigenvalue weighted by atomic mass is 15.2. The summed E-state index contributed by atoms with van der Waals surface area (Å²) < 4.78 is 0. The topological polar surface area (TPSA) is 67.1 Å². The van der Waals surface area contributed by atoms with Gasteiger partial charge in [0.2, 0.25) is 0 Å². The summed E-state index contributed by atoms with van der Waals surface area (Å²) in [6.45, 7) is 4.34. The van der Waals surface area contributed by atoms with Crippen LogP contribution in [0.1, 0.15) is 25.3 Å². The van der Waals surface area contributed by atoms with Crippen LogP contribution in [0.3, 0.4) is 0 Å². The van der Waals surface area contributed by atoms with Crippen molar-refractivity contribution in [3.63, 3.8) is 0 Å². The first-order valence-electron chi connectivity index (χ1n) is 6.25. The molecule has 17 heavy (non-hydrogen) atoms. The van der Waals surface area contributed by atoms with E-state index in [4.69, 9.17) is 5.73 Å². The van der Waals surface area contributed by atoms with Gasteiger partial charge in [-0.25, -0.2) is 9.97 Å². The molecule has 5 nitrogen and oxygen atoms in total. The van der Waals surface area contributed by atoms with E-state index in [-0.39, 0.29) is 0 Å². The highest BCUT2D eigenvalue weighted by Gasteiger charge is 2.20. The minimum atomic E-state index is 0.477. The Morgan fingerprint density at radius 3 is 3.00 bits per heavy atom. The zero-order valence-electron chi connectivity index (χ0n) is 10.6. The molecule has 1 saturated heterocycles. The highest BCUT2D eigenvalue weighted by molar-refractivity contribution is 5.55. The monoisotopic (exact) mass is 235 g/mol. The molecule has 1 aromatic rings. The van der Waals surface area contributed by atoms with Gasteiger partial charge in [0.1, 0.15) is 18.0 Å². The van der Waals surface area contributed by atoms with Crippen LogP contribution < -0.4 is 11.1 Å². The molecule has 0 radical (unpaired) electrons. The Labute approximate surface area is 102 Å². The van der Waals surface area contributed by atoms with Gasteiger partial charge in [-0.05, 0) is 26.4 Å². The average molecular weight is 235 g/mol. The molecular formula is C12H21N5. The smallest absolute Gasteiger partial charge is 0.134 e. The zero-order valence-corrected chi connectivity index (χ0v) is 10.6. The first-order valence-corrected chi connectivity index (χ1v) is 6.25. The molecule has 0 saturated carbocycles. The predicted octanol–water partition coefficient (Wildman–Crippen LogP) is 1.13. The third kappa shape index (κ3) is 2.85. The second-order valence-corrected chi connectivity index (χ2v) is 4.73. The lowest BCUT2D eigenvalue weighted by molar-refractivity contribution is 0.414. The number of aromatic nitrogens is 2. The molecule has 1 aliphatic heterocycles. The molecule has 1 unspecified atom stereocenters. The van der Waals surface area contributed by atoms with Gasteiger partial charge in [0.15, 0.2) is 0 Å². The fourth-order valence-electron chi connectivity index (χ4n) is 2.29. The lowest BCUT2D eigenvalue weighted by atomic mass is 10.1. The lowest BCUT2D eigenvalue weighted by Gasteiger charge is -2.16. The molecule has 0 bridgehead atoms. The number of nitrogens with two attached hydrogens (primary N) is 1. The lowest BCUT2D eigenvalue weighted by Crippen LogP contribution is -2.25. The van der Waals surface area contributed by atoms with E-state index in [1.807, 2.05) is 0 Å². The number of hydrogen-bond acceptors (Lipinski definition) is 5. The van der Waals surface area contributed by atoms with Gasteiger partial charge in [0.05, 0.1) is 0 Å². The summed E-state index contributed by atoms with van der Waals surface area (Å²) in [5, 5.41) is 3.49. The third-order valence-corrected chi connectivity index (χ3v) is 3.21. The minimum Gasteiger partial charge on any atom is -0.383 e. The normalized spacial score (nSPS) is 20.7. The maximum Gasteiger partial charge on any atom is 0.134 e. The standard InChI is InChI=1S/C12H21N5/c1-3-4-10-11(13)14-8-15-12(10)16-9-5-6-17(2)7-9/h8-9H,3-7H2,1-2H3,(H3,13,14,15,16). The number of rotatable bonds is 4. The fourth-order valence-corrected chi connectivity index (χ4v) is 2.29. The summed E-state index contributed by atoms with van der Waals surface area (Å²) in [5.41, 5.74) is 6.97. The zero-order chi connectivity index (χ0) is 12.3. The van der Waals surface area contributed by atoms with Crippen LogP contribution in [-0.4, -0.2) is 41.0 Å². The minimum absolute atomic E-state index is 0.477. The molecule has 5 heteroatoms. The summed E-state index contributed by atoms with van der Waals surface area (Å²) in [5.74, 6) is 1.52. The predicted molar refractivity (Wildman–Crippen MR) is 70.0 cm³/mol. The summed E-state index contributed by atoms with van der Waals surface area (Å²) >= 11 is 0. The van der Waals surface area contributed by atoms with Gasteiger partial charge < -0.3 is 16.0 Å². The fraction of sp³-hybridized carbons (Fsp3) is 0.667. The highest BCUT2D eigenvalue weighted by Crippen LogP contribution is 2.21. The molecule has 94 valence electrons. The maximum atomic E-state index is 5.91. The van der Waals surface area contributed by atoms with Crippen molar-refractivity contribution in [3.05, 3.63) is 11.9 Å². The van der Waals surface area contributed by atoms with E-state index in [1.165, 1.54) is 6.33 Å². The van der Waals surface area contributed by atoms with Crippen LogP contribution >= 0.6 is 0 Å². The molecule has 1 fully saturated rings. The van der Waals surface area contributed by atoms with Gasteiger partial charge in [-0.1, -0.05) is 13.3 Å². The van der Waals surface area contributed by atoms with Crippen LogP contribution in [0.2, 0.25) is 0 Å². The molecule has 2 rings (SSSR count). The largest absolute Gasteiger partial charge is 0.383 e.